The standard InChI is InChI=1S/C9H10F3NO4S/c1-3-5(7(14)17-2)6-4-13-8(9(10,11)12)18(6,15)16/h4-5H,3H2,1-2H3. The van der Waals surface area contributed by atoms with Crippen molar-refractivity contribution >= 4 is 20.9 Å². The van der Waals surface area contributed by atoms with E-state index in [0.29, 0.717) is 6.20 Å². The predicted octanol–water partition coefficient (Wildman–Crippen LogP) is 1.42. The minimum atomic E-state index is -5.08. The van der Waals surface area contributed by atoms with Gasteiger partial charge >= 0.3 is 12.1 Å². The lowest BCUT2D eigenvalue weighted by Crippen LogP contribution is -2.32. The van der Waals surface area contributed by atoms with Gasteiger partial charge in [0.2, 0.25) is 14.9 Å². The van der Waals surface area contributed by atoms with Gasteiger partial charge in [0.15, 0.2) is 0 Å². The third-order valence-corrected chi connectivity index (χ3v) is 4.21. The monoisotopic (exact) mass is 285 g/mol. The molecule has 0 fully saturated rings. The normalized spacial score (nSPS) is 20.1. The Bertz CT molecular complexity index is 518. The summed E-state index contributed by atoms with van der Waals surface area (Å²) in [7, 11) is -3.74. The third kappa shape index (κ3) is 2.40. The molecule has 0 aromatic heterocycles. The Morgan fingerprint density at radius 1 is 1.50 bits per heavy atom. The number of carbonyl (C=O) groups is 1. The molecule has 0 saturated carbocycles. The van der Waals surface area contributed by atoms with Gasteiger partial charge in [0.25, 0.3) is 0 Å². The van der Waals surface area contributed by atoms with Crippen molar-refractivity contribution in [3.63, 3.8) is 0 Å². The summed E-state index contributed by atoms with van der Waals surface area (Å²) in [4.78, 5) is 13.5. The number of esters is 1. The molecule has 0 N–H and O–H groups in total. The van der Waals surface area contributed by atoms with Crippen molar-refractivity contribution in [3.8, 4) is 0 Å². The van der Waals surface area contributed by atoms with Crippen molar-refractivity contribution in [2.75, 3.05) is 7.11 Å². The van der Waals surface area contributed by atoms with Crippen LogP contribution in [-0.4, -0.2) is 32.7 Å². The van der Waals surface area contributed by atoms with Crippen LogP contribution < -0.4 is 0 Å². The molecule has 18 heavy (non-hydrogen) atoms. The van der Waals surface area contributed by atoms with Gasteiger partial charge in [-0.2, -0.15) is 13.2 Å². The number of carbonyl (C=O) groups excluding carboxylic acids is 1. The highest BCUT2D eigenvalue weighted by molar-refractivity contribution is 8.10. The molecule has 102 valence electrons. The van der Waals surface area contributed by atoms with Gasteiger partial charge in [-0.25, -0.2) is 13.4 Å². The number of hydrogen-bond acceptors (Lipinski definition) is 5. The first-order valence-electron chi connectivity index (χ1n) is 4.84. The molecule has 0 amide bonds. The average Bonchev–Trinajstić information content (AvgIpc) is 2.55. The van der Waals surface area contributed by atoms with Crippen LogP contribution in [0.2, 0.25) is 0 Å². The molecular weight excluding hydrogens is 275 g/mol. The van der Waals surface area contributed by atoms with Crippen LogP contribution in [0.5, 0.6) is 0 Å². The lowest BCUT2D eigenvalue weighted by atomic mass is 10.1. The van der Waals surface area contributed by atoms with E-state index in [9.17, 15) is 26.4 Å². The van der Waals surface area contributed by atoms with Crippen molar-refractivity contribution in [2.45, 2.75) is 19.5 Å². The molecule has 1 heterocycles. The lowest BCUT2D eigenvalue weighted by Gasteiger charge is -2.14. The second-order valence-electron chi connectivity index (χ2n) is 3.45. The van der Waals surface area contributed by atoms with Crippen LogP contribution in [0.25, 0.3) is 0 Å². The van der Waals surface area contributed by atoms with Crippen molar-refractivity contribution in [2.24, 2.45) is 10.9 Å². The molecule has 1 atom stereocenters. The first kappa shape index (κ1) is 14.7. The highest BCUT2D eigenvalue weighted by Gasteiger charge is 2.50. The topological polar surface area (TPSA) is 72.8 Å². The number of rotatable bonds is 3. The first-order chi connectivity index (χ1) is 8.16. The van der Waals surface area contributed by atoms with Gasteiger partial charge in [0.1, 0.15) is 0 Å². The van der Waals surface area contributed by atoms with E-state index in [1.807, 2.05) is 0 Å². The molecule has 1 unspecified atom stereocenters. The van der Waals surface area contributed by atoms with E-state index >= 15 is 0 Å². The summed E-state index contributed by atoms with van der Waals surface area (Å²) in [5, 5.41) is -1.90. The van der Waals surface area contributed by atoms with E-state index in [1.54, 1.807) is 0 Å². The van der Waals surface area contributed by atoms with E-state index in [-0.39, 0.29) is 6.42 Å². The highest BCUT2D eigenvalue weighted by atomic mass is 32.2. The minimum absolute atomic E-state index is 0.00159. The van der Waals surface area contributed by atoms with Crippen LogP contribution in [0.4, 0.5) is 13.2 Å². The van der Waals surface area contributed by atoms with Gasteiger partial charge in [-0.1, -0.05) is 6.92 Å². The van der Waals surface area contributed by atoms with E-state index in [0.717, 1.165) is 7.11 Å². The van der Waals surface area contributed by atoms with Gasteiger partial charge in [0, 0.05) is 6.20 Å². The number of halogens is 3. The van der Waals surface area contributed by atoms with E-state index in [1.165, 1.54) is 6.92 Å². The lowest BCUT2D eigenvalue weighted by molar-refractivity contribution is -0.143. The minimum Gasteiger partial charge on any atom is -0.469 e. The number of hydrogen-bond donors (Lipinski definition) is 0. The highest BCUT2D eigenvalue weighted by Crippen LogP contribution is 2.34. The third-order valence-electron chi connectivity index (χ3n) is 2.35. The molecule has 9 heteroatoms. The van der Waals surface area contributed by atoms with Gasteiger partial charge < -0.3 is 4.74 Å². The number of sulfone groups is 1. The number of ether oxygens (including phenoxy) is 1. The summed E-state index contributed by atoms with van der Waals surface area (Å²) < 4.78 is 64.9. The molecule has 0 aromatic rings. The van der Waals surface area contributed by atoms with Crippen molar-refractivity contribution < 1.29 is 31.1 Å². The molecule has 0 aromatic carbocycles. The Hall–Kier alpha value is -1.38. The molecule has 0 aliphatic carbocycles. The molecule has 0 saturated heterocycles. The number of aliphatic imine (C=N–C) groups is 1. The molecule has 1 aliphatic heterocycles. The number of nitrogens with zero attached hydrogens (tertiary/aromatic N) is 1. The maximum Gasteiger partial charge on any atom is 0.444 e. The van der Waals surface area contributed by atoms with Crippen LogP contribution in [0.3, 0.4) is 0 Å². The molecule has 1 aliphatic rings. The maximum atomic E-state index is 12.4. The Labute approximate surface area is 101 Å². The zero-order chi connectivity index (χ0) is 14.1. The summed E-state index contributed by atoms with van der Waals surface area (Å²) in [5.41, 5.74) is 0. The summed E-state index contributed by atoms with van der Waals surface area (Å²) in [6.07, 6.45) is -4.52. The Kier molecular flexibility index (Phi) is 3.84. The van der Waals surface area contributed by atoms with Gasteiger partial charge in [-0.3, -0.25) is 4.79 Å². The van der Waals surface area contributed by atoms with Crippen molar-refractivity contribution in [1.29, 1.82) is 0 Å². The maximum absolute atomic E-state index is 12.4. The van der Waals surface area contributed by atoms with Crippen molar-refractivity contribution in [1.82, 2.24) is 0 Å². The fourth-order valence-electron chi connectivity index (χ4n) is 1.50. The van der Waals surface area contributed by atoms with E-state index in [2.05, 4.69) is 9.73 Å². The van der Waals surface area contributed by atoms with E-state index in [4.69, 9.17) is 0 Å². The zero-order valence-electron chi connectivity index (χ0n) is 9.48. The fourth-order valence-corrected chi connectivity index (χ4v) is 3.05. The fraction of sp³-hybridized carbons (Fsp3) is 0.556. The van der Waals surface area contributed by atoms with Gasteiger partial charge in [0.05, 0.1) is 17.9 Å². The summed E-state index contributed by atoms with van der Waals surface area (Å²) >= 11 is 0. The molecule has 0 bridgehead atoms. The Balaban J connectivity index is 3.16. The Morgan fingerprint density at radius 2 is 2.06 bits per heavy atom. The molecule has 0 spiro atoms. The van der Waals surface area contributed by atoms with Crippen LogP contribution in [0.15, 0.2) is 16.1 Å². The average molecular weight is 285 g/mol. The molecular formula is C9H10F3NO4S. The molecule has 1 rings (SSSR count). The summed E-state index contributed by atoms with van der Waals surface area (Å²) in [6, 6.07) is 0. The zero-order valence-corrected chi connectivity index (χ0v) is 10.3. The summed E-state index contributed by atoms with van der Waals surface area (Å²) in [5.74, 6) is -2.19. The van der Waals surface area contributed by atoms with Crippen LogP contribution in [0, 0.1) is 5.92 Å². The molecule has 5 nitrogen and oxygen atoms in total. The second kappa shape index (κ2) is 4.71. The van der Waals surface area contributed by atoms with Crippen LogP contribution in [0.1, 0.15) is 13.3 Å². The summed E-state index contributed by atoms with van der Waals surface area (Å²) in [6.45, 7) is 1.46. The van der Waals surface area contributed by atoms with Crippen molar-refractivity contribution in [3.05, 3.63) is 11.1 Å². The number of methoxy groups -OCH3 is 1. The Morgan fingerprint density at radius 3 is 2.39 bits per heavy atom. The largest absolute Gasteiger partial charge is 0.469 e. The number of alkyl halides is 3. The van der Waals surface area contributed by atoms with Crippen LogP contribution in [-0.2, 0) is 19.4 Å². The SMILES string of the molecule is CCC(C(=O)OC)C1=CN=C(C(F)(F)F)S1(=O)=O. The quantitative estimate of drug-likeness (QED) is 0.735. The second-order valence-corrected chi connectivity index (χ2v) is 5.32. The van der Waals surface area contributed by atoms with E-state index < -0.39 is 37.8 Å². The smallest absolute Gasteiger partial charge is 0.444 e. The predicted molar refractivity (Wildman–Crippen MR) is 56.3 cm³/mol. The first-order valence-corrected chi connectivity index (χ1v) is 6.32. The van der Waals surface area contributed by atoms with Gasteiger partial charge in [-0.15, -0.1) is 0 Å². The molecule has 0 radical (unpaired) electrons. The van der Waals surface area contributed by atoms with Gasteiger partial charge in [-0.05, 0) is 6.42 Å². The van der Waals surface area contributed by atoms with Crippen LogP contribution >= 0.6 is 0 Å².